The van der Waals surface area contributed by atoms with Crippen LogP contribution in [0.3, 0.4) is 0 Å². The van der Waals surface area contributed by atoms with Crippen molar-refractivity contribution in [2.45, 2.75) is 13.8 Å². The van der Waals surface area contributed by atoms with Gasteiger partial charge in [-0.15, -0.1) is 0 Å². The summed E-state index contributed by atoms with van der Waals surface area (Å²) in [5, 5.41) is 7.44. The van der Waals surface area contributed by atoms with Crippen molar-refractivity contribution < 1.29 is 19.4 Å². The Kier molecular flexibility index (Phi) is 20.2. The fourth-order valence-corrected chi connectivity index (χ4v) is 0.520. The number of rotatable bonds is 2. The number of thiocarbonyl (C=S) groups is 2. The van der Waals surface area contributed by atoms with Crippen LogP contribution in [0, 0.1) is 0 Å². The normalized spacial score (nSPS) is 7.12. The summed E-state index contributed by atoms with van der Waals surface area (Å²) in [4.78, 5) is 8.78. The van der Waals surface area contributed by atoms with Gasteiger partial charge in [-0.1, -0.05) is 0 Å². The number of amides is 1. The highest BCUT2D eigenvalue weighted by molar-refractivity contribution is 7.80. The van der Waals surface area contributed by atoms with Crippen LogP contribution in [0.25, 0.3) is 0 Å². The Bertz CT molecular complexity index is 194. The van der Waals surface area contributed by atoms with Crippen molar-refractivity contribution in [1.29, 1.82) is 0 Å². The number of hydrogen-bond donors (Lipinski definition) is 4. The predicted octanol–water partition coefficient (Wildman–Crippen LogP) is 0.156. The maximum absolute atomic E-state index is 8.78. The maximum Gasteiger partial charge on any atom is 0.402 e. The van der Waals surface area contributed by atoms with Crippen LogP contribution in [-0.4, -0.2) is 34.8 Å². The van der Waals surface area contributed by atoms with Crippen LogP contribution >= 0.6 is 24.4 Å². The van der Waals surface area contributed by atoms with Gasteiger partial charge >= 0.3 is 6.09 Å². The van der Waals surface area contributed by atoms with Crippen molar-refractivity contribution in [2.75, 3.05) is 13.2 Å². The molecule has 0 fully saturated rings. The minimum absolute atomic E-state index is 0.123. The Labute approximate surface area is 105 Å². The van der Waals surface area contributed by atoms with E-state index in [1.54, 1.807) is 0 Å². The minimum Gasteiger partial charge on any atom is -0.472 e. The van der Waals surface area contributed by atoms with E-state index in [1.165, 1.54) is 0 Å². The summed E-state index contributed by atoms with van der Waals surface area (Å²) < 4.78 is 9.10. The molecule has 0 aliphatic rings. The summed E-state index contributed by atoms with van der Waals surface area (Å²) in [5.41, 5.74) is 13.9. The van der Waals surface area contributed by atoms with Gasteiger partial charge in [-0.2, -0.15) is 0 Å². The molecule has 0 saturated heterocycles. The van der Waals surface area contributed by atoms with E-state index in [2.05, 4.69) is 39.6 Å². The topological polar surface area (TPSA) is 134 Å². The largest absolute Gasteiger partial charge is 0.472 e. The number of hydrogen-bond acceptors (Lipinski definition) is 5. The van der Waals surface area contributed by atoms with Gasteiger partial charge in [0.25, 0.3) is 10.3 Å². The average Bonchev–Trinajstić information content (AvgIpc) is 2.02. The van der Waals surface area contributed by atoms with E-state index >= 15 is 0 Å². The lowest BCUT2D eigenvalue weighted by Crippen LogP contribution is -2.11. The van der Waals surface area contributed by atoms with E-state index in [-0.39, 0.29) is 10.3 Å². The molecule has 1 amide bonds. The Balaban J connectivity index is -0.000000162. The monoisotopic (exact) mass is 271 g/mol. The molecule has 7 nitrogen and oxygen atoms in total. The highest BCUT2D eigenvalue weighted by Gasteiger charge is 1.77. The second kappa shape index (κ2) is 16.1. The van der Waals surface area contributed by atoms with Crippen LogP contribution in [0.2, 0.25) is 0 Å². The molecule has 0 heterocycles. The van der Waals surface area contributed by atoms with Gasteiger partial charge in [0.15, 0.2) is 0 Å². The van der Waals surface area contributed by atoms with Gasteiger partial charge in [-0.3, -0.25) is 0 Å². The molecule has 0 aromatic heterocycles. The quantitative estimate of drug-likeness (QED) is 0.522. The predicted molar refractivity (Wildman–Crippen MR) is 69.0 cm³/mol. The molecule has 0 radical (unpaired) electrons. The van der Waals surface area contributed by atoms with Crippen LogP contribution in [0.5, 0.6) is 0 Å². The molecule has 0 spiro atoms. The summed E-state index contributed by atoms with van der Waals surface area (Å²) in [7, 11) is 0. The molecule has 7 N–H and O–H groups in total. The van der Waals surface area contributed by atoms with Crippen molar-refractivity contribution in [3.63, 3.8) is 0 Å². The first-order valence-corrected chi connectivity index (χ1v) is 4.92. The zero-order valence-corrected chi connectivity index (χ0v) is 10.8. The standard InChI is InChI=1S/2C3H7NOS.CH3NO2/c2*1-2-5-3(4)6;2-1(3)4/h2*2H2,1H3,(H2,4,6);2H2,(H,3,4). The number of nitrogens with two attached hydrogens (primary N) is 3. The van der Waals surface area contributed by atoms with E-state index in [9.17, 15) is 0 Å². The van der Waals surface area contributed by atoms with Gasteiger partial charge in [-0.25, -0.2) is 4.79 Å². The maximum atomic E-state index is 8.78. The smallest absolute Gasteiger partial charge is 0.402 e. The van der Waals surface area contributed by atoms with Gasteiger partial charge in [-0.05, 0) is 38.3 Å². The molecule has 9 heteroatoms. The van der Waals surface area contributed by atoms with E-state index in [1.807, 2.05) is 13.8 Å². The molecule has 16 heavy (non-hydrogen) atoms. The van der Waals surface area contributed by atoms with Crippen molar-refractivity contribution in [3.05, 3.63) is 0 Å². The number of primary amides is 1. The summed E-state index contributed by atoms with van der Waals surface area (Å²) in [6.45, 7) is 4.79. The van der Waals surface area contributed by atoms with E-state index in [4.69, 9.17) is 21.4 Å². The summed E-state index contributed by atoms with van der Waals surface area (Å²) in [6, 6.07) is 0. The van der Waals surface area contributed by atoms with Crippen molar-refractivity contribution in [2.24, 2.45) is 17.2 Å². The second-order valence-corrected chi connectivity index (χ2v) is 2.65. The van der Waals surface area contributed by atoms with Gasteiger partial charge in [0.1, 0.15) is 0 Å². The molecule has 0 unspecified atom stereocenters. The van der Waals surface area contributed by atoms with Crippen LogP contribution in [0.1, 0.15) is 13.8 Å². The first-order valence-electron chi connectivity index (χ1n) is 4.10. The highest BCUT2D eigenvalue weighted by Crippen LogP contribution is 1.68. The molecular formula is C7H17N3O4S2. The van der Waals surface area contributed by atoms with Crippen LogP contribution in [-0.2, 0) is 9.47 Å². The van der Waals surface area contributed by atoms with E-state index in [0.29, 0.717) is 13.2 Å². The van der Waals surface area contributed by atoms with Crippen LogP contribution in [0.4, 0.5) is 4.79 Å². The molecule has 0 aromatic carbocycles. The molecule has 0 aliphatic heterocycles. The minimum atomic E-state index is -1.33. The zero-order chi connectivity index (χ0) is 13.6. The van der Waals surface area contributed by atoms with E-state index in [0.717, 1.165) is 0 Å². The SMILES string of the molecule is CCOC(N)=S.CCOC(N)=S.NC(=O)O. The van der Waals surface area contributed by atoms with Gasteiger partial charge in [0.2, 0.25) is 0 Å². The lowest BCUT2D eigenvalue weighted by atomic mass is 10.9. The Morgan fingerprint density at radius 2 is 1.25 bits per heavy atom. The summed E-state index contributed by atoms with van der Waals surface area (Å²) in [5.74, 6) is 0. The number of carbonyl (C=O) groups is 1. The van der Waals surface area contributed by atoms with Gasteiger partial charge < -0.3 is 31.8 Å². The molecule has 0 atom stereocenters. The lowest BCUT2D eigenvalue weighted by molar-refractivity contribution is 0.205. The fourth-order valence-electron chi connectivity index (χ4n) is 0.285. The average molecular weight is 271 g/mol. The first-order chi connectivity index (χ1) is 7.27. The second-order valence-electron chi connectivity index (χ2n) is 1.84. The summed E-state index contributed by atoms with van der Waals surface area (Å²) in [6.07, 6.45) is -1.33. The number of ether oxygens (including phenoxy) is 2. The van der Waals surface area contributed by atoms with Gasteiger partial charge in [0.05, 0.1) is 13.2 Å². The molecular weight excluding hydrogens is 254 g/mol. The Morgan fingerprint density at radius 3 is 1.25 bits per heavy atom. The molecule has 0 aromatic rings. The van der Waals surface area contributed by atoms with Gasteiger partial charge in [0, 0.05) is 0 Å². The molecule has 0 aliphatic carbocycles. The number of carboxylic acid groups (broad SMARTS) is 1. The molecule has 0 bridgehead atoms. The van der Waals surface area contributed by atoms with Crippen LogP contribution < -0.4 is 17.2 Å². The molecule has 0 rings (SSSR count). The van der Waals surface area contributed by atoms with Crippen molar-refractivity contribution >= 4 is 40.9 Å². The third-order valence-corrected chi connectivity index (χ3v) is 0.809. The van der Waals surface area contributed by atoms with E-state index < -0.39 is 6.09 Å². The summed E-state index contributed by atoms with van der Waals surface area (Å²) >= 11 is 8.70. The Morgan fingerprint density at radius 1 is 1.06 bits per heavy atom. The third-order valence-electron chi connectivity index (χ3n) is 0.573. The van der Waals surface area contributed by atoms with Crippen molar-refractivity contribution in [3.8, 4) is 0 Å². The third kappa shape index (κ3) is 79.4. The van der Waals surface area contributed by atoms with Crippen molar-refractivity contribution in [1.82, 2.24) is 0 Å². The fraction of sp³-hybridized carbons (Fsp3) is 0.571. The highest BCUT2D eigenvalue weighted by atomic mass is 32.1. The van der Waals surface area contributed by atoms with Crippen LogP contribution in [0.15, 0.2) is 0 Å². The Hall–Kier alpha value is -1.35. The lowest BCUT2D eigenvalue weighted by Gasteiger charge is -1.93. The first kappa shape index (κ1) is 20.1. The zero-order valence-electron chi connectivity index (χ0n) is 9.13. The molecule has 0 saturated carbocycles. The molecule has 96 valence electrons.